The molecule has 0 saturated heterocycles. The smallest absolute Gasteiger partial charge is 0.258 e. The van der Waals surface area contributed by atoms with Gasteiger partial charge in [0.25, 0.3) is 5.91 Å². The molecular formula is C29H30ClN3O4. The molecule has 2 amide bonds. The van der Waals surface area contributed by atoms with Gasteiger partial charge in [-0.3, -0.25) is 9.59 Å². The minimum absolute atomic E-state index is 0.101. The summed E-state index contributed by atoms with van der Waals surface area (Å²) in [5.74, 6) is 0.745. The van der Waals surface area contributed by atoms with Crippen LogP contribution in [0.25, 0.3) is 10.9 Å². The lowest BCUT2D eigenvalue weighted by atomic mass is 10.0. The van der Waals surface area contributed by atoms with Crippen molar-refractivity contribution in [3.8, 4) is 11.5 Å². The molecule has 4 aromatic rings. The SMILES string of the molecule is COc1ccccc1CN(C[C@@H](Cc1c[nH]c2ccccc12)NC(=O)COc1ccccc1Cl)C(C)=O. The van der Waals surface area contributed by atoms with Gasteiger partial charge in [-0.2, -0.15) is 0 Å². The monoisotopic (exact) mass is 519 g/mol. The highest BCUT2D eigenvalue weighted by Crippen LogP contribution is 2.24. The molecule has 0 unspecified atom stereocenters. The van der Waals surface area contributed by atoms with Gasteiger partial charge in [0.05, 0.1) is 18.2 Å². The number of benzene rings is 3. The Balaban J connectivity index is 1.53. The number of ether oxygens (including phenoxy) is 2. The summed E-state index contributed by atoms with van der Waals surface area (Å²) in [6.45, 7) is 2.00. The van der Waals surface area contributed by atoms with Crippen molar-refractivity contribution in [1.82, 2.24) is 15.2 Å². The summed E-state index contributed by atoms with van der Waals surface area (Å²) in [4.78, 5) is 30.6. The van der Waals surface area contributed by atoms with E-state index in [9.17, 15) is 9.59 Å². The molecule has 0 fully saturated rings. The third kappa shape index (κ3) is 6.83. The topological polar surface area (TPSA) is 83.7 Å². The number of para-hydroxylation sites is 3. The van der Waals surface area contributed by atoms with Crippen molar-refractivity contribution in [1.29, 1.82) is 0 Å². The van der Waals surface area contributed by atoms with Gasteiger partial charge in [0.1, 0.15) is 11.5 Å². The van der Waals surface area contributed by atoms with E-state index in [1.807, 2.05) is 54.7 Å². The van der Waals surface area contributed by atoms with Gasteiger partial charge in [-0.05, 0) is 36.2 Å². The van der Waals surface area contributed by atoms with E-state index in [0.717, 1.165) is 22.0 Å². The largest absolute Gasteiger partial charge is 0.496 e. The number of methoxy groups -OCH3 is 1. The maximum Gasteiger partial charge on any atom is 0.258 e. The Kier molecular flexibility index (Phi) is 8.69. The van der Waals surface area contributed by atoms with Crippen molar-refractivity contribution in [2.45, 2.75) is 25.9 Å². The predicted octanol–water partition coefficient (Wildman–Crippen LogP) is 4.98. The third-order valence-corrected chi connectivity index (χ3v) is 6.45. The zero-order valence-electron chi connectivity index (χ0n) is 20.9. The minimum atomic E-state index is -0.361. The Bertz CT molecular complexity index is 1370. The molecule has 1 atom stereocenters. The number of aromatic nitrogens is 1. The third-order valence-electron chi connectivity index (χ3n) is 6.14. The van der Waals surface area contributed by atoms with Gasteiger partial charge in [-0.25, -0.2) is 0 Å². The van der Waals surface area contributed by atoms with Gasteiger partial charge in [-0.1, -0.05) is 60.1 Å². The van der Waals surface area contributed by atoms with E-state index in [0.29, 0.717) is 36.0 Å². The van der Waals surface area contributed by atoms with Gasteiger partial charge < -0.3 is 24.7 Å². The molecule has 4 rings (SSSR count). The summed E-state index contributed by atoms with van der Waals surface area (Å²) in [6, 6.07) is 22.2. The maximum atomic E-state index is 12.9. The molecule has 0 bridgehead atoms. The summed E-state index contributed by atoms with van der Waals surface area (Å²) >= 11 is 6.15. The Hall–Kier alpha value is -3.97. The average Bonchev–Trinajstić information content (AvgIpc) is 3.30. The van der Waals surface area contributed by atoms with E-state index in [2.05, 4.69) is 10.3 Å². The van der Waals surface area contributed by atoms with Gasteiger partial charge in [0, 0.05) is 42.7 Å². The van der Waals surface area contributed by atoms with Gasteiger partial charge in [0.15, 0.2) is 6.61 Å². The van der Waals surface area contributed by atoms with Crippen LogP contribution in [0.5, 0.6) is 11.5 Å². The normalized spacial score (nSPS) is 11.6. The molecule has 0 aliphatic heterocycles. The molecule has 3 aromatic carbocycles. The second kappa shape index (κ2) is 12.3. The van der Waals surface area contributed by atoms with Crippen molar-refractivity contribution >= 4 is 34.3 Å². The van der Waals surface area contributed by atoms with Crippen molar-refractivity contribution in [3.63, 3.8) is 0 Å². The molecule has 7 nitrogen and oxygen atoms in total. The molecule has 1 aromatic heterocycles. The molecule has 0 saturated carbocycles. The van der Waals surface area contributed by atoms with Crippen LogP contribution in [0.1, 0.15) is 18.1 Å². The van der Waals surface area contributed by atoms with Crippen LogP contribution < -0.4 is 14.8 Å². The average molecular weight is 520 g/mol. The number of nitrogens with one attached hydrogen (secondary N) is 2. The van der Waals surface area contributed by atoms with E-state index in [1.54, 1.807) is 36.3 Å². The zero-order valence-corrected chi connectivity index (χ0v) is 21.6. The number of hydrogen-bond acceptors (Lipinski definition) is 4. The van der Waals surface area contributed by atoms with Gasteiger partial charge in [0.2, 0.25) is 5.91 Å². The second-order valence-electron chi connectivity index (χ2n) is 8.76. The van der Waals surface area contributed by atoms with Crippen LogP contribution in [0.3, 0.4) is 0 Å². The first-order valence-electron chi connectivity index (χ1n) is 12.0. The lowest BCUT2D eigenvalue weighted by Gasteiger charge is -2.28. The van der Waals surface area contributed by atoms with Crippen molar-refractivity contribution in [2.24, 2.45) is 0 Å². The number of hydrogen-bond donors (Lipinski definition) is 2. The van der Waals surface area contributed by atoms with Crippen LogP contribution in [-0.2, 0) is 22.6 Å². The quantitative estimate of drug-likeness (QED) is 0.292. The number of nitrogens with zero attached hydrogens (tertiary/aromatic N) is 1. The summed E-state index contributed by atoms with van der Waals surface area (Å²) in [5.41, 5.74) is 2.95. The van der Waals surface area contributed by atoms with Crippen LogP contribution >= 0.6 is 11.6 Å². The highest BCUT2D eigenvalue weighted by molar-refractivity contribution is 6.32. The Morgan fingerprint density at radius 3 is 2.43 bits per heavy atom. The highest BCUT2D eigenvalue weighted by atomic mass is 35.5. The lowest BCUT2D eigenvalue weighted by molar-refractivity contribution is -0.131. The summed E-state index contributed by atoms with van der Waals surface area (Å²) in [6.07, 6.45) is 2.47. The van der Waals surface area contributed by atoms with Crippen molar-refractivity contribution < 1.29 is 19.1 Å². The van der Waals surface area contributed by atoms with E-state index in [4.69, 9.17) is 21.1 Å². The molecule has 1 heterocycles. The molecular weight excluding hydrogens is 490 g/mol. The maximum absolute atomic E-state index is 12.9. The van der Waals surface area contributed by atoms with E-state index >= 15 is 0 Å². The standard InChI is InChI=1S/C29H30ClN3O4/c1-20(34)33(17-21-9-3-7-13-27(21)36-2)18-23(15-22-16-31-26-12-6-4-10-24(22)26)32-29(35)19-37-28-14-8-5-11-25(28)30/h3-14,16,23,31H,15,17-19H2,1-2H3,(H,32,35)/t23-/m1/s1. The first kappa shape index (κ1) is 26.1. The predicted molar refractivity (Wildman–Crippen MR) is 145 cm³/mol. The highest BCUT2D eigenvalue weighted by Gasteiger charge is 2.22. The van der Waals surface area contributed by atoms with E-state index < -0.39 is 0 Å². The molecule has 8 heteroatoms. The Morgan fingerprint density at radius 2 is 1.68 bits per heavy atom. The number of carbonyl (C=O) groups excluding carboxylic acids is 2. The number of aromatic amines is 1. The molecule has 192 valence electrons. The molecule has 37 heavy (non-hydrogen) atoms. The van der Waals surface area contributed by atoms with E-state index in [1.165, 1.54) is 6.92 Å². The molecule has 2 N–H and O–H groups in total. The van der Waals surface area contributed by atoms with Crippen LogP contribution in [0, 0.1) is 0 Å². The number of amides is 2. The molecule has 0 aliphatic carbocycles. The zero-order chi connectivity index (χ0) is 26.2. The molecule has 0 aliphatic rings. The Morgan fingerprint density at radius 1 is 0.973 bits per heavy atom. The first-order chi connectivity index (χ1) is 17.9. The molecule has 0 radical (unpaired) electrons. The van der Waals surface area contributed by atoms with Crippen molar-refractivity contribution in [2.75, 3.05) is 20.3 Å². The summed E-state index contributed by atoms with van der Waals surface area (Å²) < 4.78 is 11.1. The second-order valence-corrected chi connectivity index (χ2v) is 9.17. The fourth-order valence-electron chi connectivity index (χ4n) is 4.31. The molecule has 0 spiro atoms. The fraction of sp³-hybridized carbons (Fsp3) is 0.241. The number of carbonyl (C=O) groups is 2. The van der Waals surface area contributed by atoms with Gasteiger partial charge in [-0.15, -0.1) is 0 Å². The van der Waals surface area contributed by atoms with Crippen LogP contribution in [0.4, 0.5) is 0 Å². The minimum Gasteiger partial charge on any atom is -0.496 e. The number of rotatable bonds is 11. The summed E-state index contributed by atoms with van der Waals surface area (Å²) in [5, 5.41) is 4.58. The van der Waals surface area contributed by atoms with E-state index in [-0.39, 0.29) is 24.5 Å². The Labute approximate surface area is 221 Å². The van der Waals surface area contributed by atoms with Crippen LogP contribution in [0.15, 0.2) is 79.0 Å². The number of fused-ring (bicyclic) bond motifs is 1. The first-order valence-corrected chi connectivity index (χ1v) is 12.4. The van der Waals surface area contributed by atoms with Crippen molar-refractivity contribution in [3.05, 3.63) is 95.1 Å². The number of H-pyrrole nitrogens is 1. The van der Waals surface area contributed by atoms with Crippen LogP contribution in [-0.4, -0.2) is 48.0 Å². The fourth-order valence-corrected chi connectivity index (χ4v) is 4.50. The summed E-state index contributed by atoms with van der Waals surface area (Å²) in [7, 11) is 1.61. The van der Waals surface area contributed by atoms with Gasteiger partial charge >= 0.3 is 0 Å². The van der Waals surface area contributed by atoms with Crippen LogP contribution in [0.2, 0.25) is 5.02 Å². The lowest BCUT2D eigenvalue weighted by Crippen LogP contribution is -2.47. The number of halogens is 1.